The number of ether oxygens (including phenoxy) is 2. The molecule has 0 aromatic heterocycles. The molecule has 2 rings (SSSR count). The number of anilines is 1. The standard InChI is InChI=1S/C17H22F4N2O3.ClH/c18-16(19)17(20,21)10-26-9-11-2-1-3-13(8-11)23-15(24)14(22)12-4-6-25-7-5-12;/h1-3,8,12,14,16H,4-7,9-10,22H2,(H,23,24);1H. The van der Waals surface area contributed by atoms with Crippen LogP contribution in [-0.4, -0.2) is 44.1 Å². The molecule has 1 fully saturated rings. The highest BCUT2D eigenvalue weighted by Gasteiger charge is 2.40. The molecule has 0 aliphatic carbocycles. The van der Waals surface area contributed by atoms with Crippen LogP contribution in [0, 0.1) is 5.92 Å². The number of benzene rings is 1. The van der Waals surface area contributed by atoms with Gasteiger partial charge < -0.3 is 20.5 Å². The minimum atomic E-state index is -4.19. The number of amides is 1. The van der Waals surface area contributed by atoms with Gasteiger partial charge in [-0.15, -0.1) is 12.4 Å². The highest BCUT2D eigenvalue weighted by Crippen LogP contribution is 2.24. The third-order valence-corrected chi connectivity index (χ3v) is 4.15. The van der Waals surface area contributed by atoms with E-state index in [1.54, 1.807) is 18.2 Å². The predicted octanol–water partition coefficient (Wildman–Crippen LogP) is 3.22. The normalized spacial score (nSPS) is 16.7. The molecule has 5 nitrogen and oxygen atoms in total. The molecule has 0 spiro atoms. The summed E-state index contributed by atoms with van der Waals surface area (Å²) in [6.45, 7) is -0.517. The van der Waals surface area contributed by atoms with Crippen LogP contribution in [-0.2, 0) is 20.9 Å². The van der Waals surface area contributed by atoms with E-state index < -0.39 is 25.0 Å². The maximum absolute atomic E-state index is 12.8. The number of carbonyl (C=O) groups is 1. The predicted molar refractivity (Wildman–Crippen MR) is 94.4 cm³/mol. The van der Waals surface area contributed by atoms with Crippen molar-refractivity contribution < 1.29 is 31.8 Å². The summed E-state index contributed by atoms with van der Waals surface area (Å²) < 4.78 is 59.7. The first kappa shape index (κ1) is 23.6. The Morgan fingerprint density at radius 2 is 2.00 bits per heavy atom. The third kappa shape index (κ3) is 7.25. The number of alkyl halides is 4. The van der Waals surface area contributed by atoms with Crippen molar-refractivity contribution in [3.8, 4) is 0 Å². The molecule has 1 saturated heterocycles. The minimum absolute atomic E-state index is 0. The van der Waals surface area contributed by atoms with Crippen molar-refractivity contribution in [2.75, 3.05) is 25.1 Å². The Morgan fingerprint density at radius 1 is 1.33 bits per heavy atom. The second kappa shape index (κ2) is 10.8. The maximum atomic E-state index is 12.8. The van der Waals surface area contributed by atoms with Gasteiger partial charge in [-0.2, -0.15) is 8.78 Å². The zero-order valence-corrected chi connectivity index (χ0v) is 15.3. The average Bonchev–Trinajstić information content (AvgIpc) is 2.62. The average molecular weight is 415 g/mol. The van der Waals surface area contributed by atoms with E-state index in [9.17, 15) is 22.4 Å². The van der Waals surface area contributed by atoms with Gasteiger partial charge in [0.1, 0.15) is 6.61 Å². The van der Waals surface area contributed by atoms with Crippen molar-refractivity contribution in [3.63, 3.8) is 0 Å². The van der Waals surface area contributed by atoms with Crippen molar-refractivity contribution in [1.82, 2.24) is 0 Å². The molecule has 3 N–H and O–H groups in total. The van der Waals surface area contributed by atoms with Gasteiger partial charge in [-0.25, -0.2) is 8.78 Å². The quantitative estimate of drug-likeness (QED) is 0.641. The van der Waals surface area contributed by atoms with E-state index in [1.165, 1.54) is 6.07 Å². The lowest BCUT2D eigenvalue weighted by molar-refractivity contribution is -0.168. The van der Waals surface area contributed by atoms with Crippen LogP contribution in [0.15, 0.2) is 24.3 Å². The summed E-state index contributed by atoms with van der Waals surface area (Å²) in [6, 6.07) is 5.64. The van der Waals surface area contributed by atoms with Crippen LogP contribution in [0.1, 0.15) is 18.4 Å². The Morgan fingerprint density at radius 3 is 2.63 bits per heavy atom. The van der Waals surface area contributed by atoms with Crippen molar-refractivity contribution in [1.29, 1.82) is 0 Å². The lowest BCUT2D eigenvalue weighted by Crippen LogP contribution is -2.44. The summed E-state index contributed by atoms with van der Waals surface area (Å²) in [7, 11) is 0. The van der Waals surface area contributed by atoms with E-state index in [0.717, 1.165) is 0 Å². The number of nitrogens with two attached hydrogens (primary N) is 1. The Balaban J connectivity index is 0.00000364. The molecule has 1 aliphatic rings. The van der Waals surface area contributed by atoms with Gasteiger partial charge in [-0.3, -0.25) is 4.79 Å². The number of rotatable bonds is 8. The Bertz CT molecular complexity index is 601. The second-order valence-electron chi connectivity index (χ2n) is 6.22. The first-order valence-corrected chi connectivity index (χ1v) is 8.26. The number of halogens is 5. The number of carbonyl (C=O) groups excluding carboxylic acids is 1. The fourth-order valence-electron chi connectivity index (χ4n) is 2.62. The number of nitrogens with one attached hydrogen (secondary N) is 1. The highest BCUT2D eigenvalue weighted by molar-refractivity contribution is 5.94. The van der Waals surface area contributed by atoms with Gasteiger partial charge in [-0.1, -0.05) is 12.1 Å². The van der Waals surface area contributed by atoms with E-state index in [4.69, 9.17) is 10.5 Å². The topological polar surface area (TPSA) is 73.6 Å². The molecule has 10 heteroatoms. The lowest BCUT2D eigenvalue weighted by Gasteiger charge is -2.26. The number of hydrogen-bond acceptors (Lipinski definition) is 4. The lowest BCUT2D eigenvalue weighted by atomic mass is 9.92. The Kier molecular flexibility index (Phi) is 9.44. The zero-order valence-electron chi connectivity index (χ0n) is 14.5. The maximum Gasteiger partial charge on any atom is 0.330 e. The largest absolute Gasteiger partial charge is 0.381 e. The molecule has 0 bridgehead atoms. The van der Waals surface area contributed by atoms with Gasteiger partial charge in [0.2, 0.25) is 5.91 Å². The van der Waals surface area contributed by atoms with E-state index in [0.29, 0.717) is 37.3 Å². The van der Waals surface area contributed by atoms with Crippen LogP contribution in [0.3, 0.4) is 0 Å². The minimum Gasteiger partial charge on any atom is -0.381 e. The molecular formula is C17H23ClF4N2O3. The van der Waals surface area contributed by atoms with Gasteiger partial charge >= 0.3 is 12.3 Å². The van der Waals surface area contributed by atoms with Crippen molar-refractivity contribution in [2.24, 2.45) is 11.7 Å². The molecule has 1 aromatic carbocycles. The van der Waals surface area contributed by atoms with Gasteiger partial charge in [0.05, 0.1) is 12.6 Å². The molecule has 0 saturated carbocycles. The van der Waals surface area contributed by atoms with E-state index in [1.807, 2.05) is 0 Å². The van der Waals surface area contributed by atoms with E-state index >= 15 is 0 Å². The summed E-state index contributed by atoms with van der Waals surface area (Å²) in [5.74, 6) is -4.51. The van der Waals surface area contributed by atoms with Gasteiger partial charge in [0.25, 0.3) is 0 Å². The van der Waals surface area contributed by atoms with Crippen LogP contribution >= 0.6 is 12.4 Å². The van der Waals surface area contributed by atoms with Crippen LogP contribution in [0.2, 0.25) is 0 Å². The van der Waals surface area contributed by atoms with Crippen LogP contribution in [0.4, 0.5) is 23.2 Å². The monoisotopic (exact) mass is 414 g/mol. The molecule has 1 unspecified atom stereocenters. The SMILES string of the molecule is Cl.NC(C(=O)Nc1cccc(COCC(F)(F)C(F)F)c1)C1CCOCC1. The van der Waals surface area contributed by atoms with E-state index in [-0.39, 0.29) is 30.8 Å². The highest BCUT2D eigenvalue weighted by atomic mass is 35.5. The molecule has 1 heterocycles. The summed E-state index contributed by atoms with van der Waals surface area (Å²) in [5.41, 5.74) is 6.88. The Labute approximate surface area is 161 Å². The molecule has 154 valence electrons. The smallest absolute Gasteiger partial charge is 0.330 e. The fraction of sp³-hybridized carbons (Fsp3) is 0.588. The second-order valence-corrected chi connectivity index (χ2v) is 6.22. The third-order valence-electron chi connectivity index (χ3n) is 4.15. The summed E-state index contributed by atoms with van der Waals surface area (Å²) >= 11 is 0. The fourth-order valence-corrected chi connectivity index (χ4v) is 2.62. The van der Waals surface area contributed by atoms with Crippen molar-refractivity contribution in [2.45, 2.75) is 37.8 Å². The Hall–Kier alpha value is -1.42. The molecule has 1 aliphatic heterocycles. The van der Waals surface area contributed by atoms with Gasteiger partial charge in [0.15, 0.2) is 0 Å². The molecule has 1 aromatic rings. The van der Waals surface area contributed by atoms with Gasteiger partial charge in [-0.05, 0) is 36.5 Å². The van der Waals surface area contributed by atoms with Crippen LogP contribution in [0.5, 0.6) is 0 Å². The molecular weight excluding hydrogens is 392 g/mol. The molecule has 27 heavy (non-hydrogen) atoms. The first-order valence-electron chi connectivity index (χ1n) is 8.26. The molecule has 0 radical (unpaired) electrons. The summed E-state index contributed by atoms with van der Waals surface area (Å²) in [4.78, 5) is 12.3. The molecule has 1 amide bonds. The molecule has 1 atom stereocenters. The van der Waals surface area contributed by atoms with Crippen LogP contribution in [0.25, 0.3) is 0 Å². The van der Waals surface area contributed by atoms with Gasteiger partial charge in [0, 0.05) is 18.9 Å². The van der Waals surface area contributed by atoms with Crippen LogP contribution < -0.4 is 11.1 Å². The van der Waals surface area contributed by atoms with E-state index in [2.05, 4.69) is 10.1 Å². The van der Waals surface area contributed by atoms with Crippen molar-refractivity contribution in [3.05, 3.63) is 29.8 Å². The number of hydrogen-bond donors (Lipinski definition) is 2. The first-order chi connectivity index (χ1) is 12.3. The van der Waals surface area contributed by atoms with Crippen molar-refractivity contribution >= 4 is 24.0 Å². The summed E-state index contributed by atoms with van der Waals surface area (Å²) in [6.07, 6.45) is -2.36. The summed E-state index contributed by atoms with van der Waals surface area (Å²) in [5, 5.41) is 2.68. The zero-order chi connectivity index (χ0) is 19.2.